The molecule has 0 fully saturated rings. The molecule has 2 amide bonds. The first kappa shape index (κ1) is 20.8. The fraction of sp³-hybridized carbons (Fsp3) is 0.238. The van der Waals surface area contributed by atoms with Crippen LogP contribution in [0.4, 0.5) is 16.2 Å². The van der Waals surface area contributed by atoms with Crippen LogP contribution >= 0.6 is 0 Å². The summed E-state index contributed by atoms with van der Waals surface area (Å²) in [5.41, 5.74) is 1.45. The number of carbonyl (C=O) groups excluding carboxylic acids is 2. The minimum Gasteiger partial charge on any atom is -0.444 e. The van der Waals surface area contributed by atoms with Crippen molar-refractivity contribution in [3.8, 4) is 0 Å². The van der Waals surface area contributed by atoms with Crippen LogP contribution in [0.5, 0.6) is 0 Å². The lowest BCUT2D eigenvalue weighted by Gasteiger charge is -2.20. The van der Waals surface area contributed by atoms with Crippen LogP contribution in [0.1, 0.15) is 36.8 Å². The standard InChI is InChI=1S/C21H22N4O5/c1-21(2,3)30-20(27)22-12-13-6-4-5-7-16(13)24-19(26)18-11-14-10-15(25(28)29)8-9-17(14)23-18/h4-11,23H,12H2,1-3H3,(H,22,27)(H,24,26). The minimum absolute atomic E-state index is 0.0491. The molecule has 2 aromatic carbocycles. The number of non-ortho nitro benzene ring substituents is 1. The molecule has 0 bridgehead atoms. The highest BCUT2D eigenvalue weighted by atomic mass is 16.6. The Bertz CT molecular complexity index is 1110. The van der Waals surface area contributed by atoms with Gasteiger partial charge in [-0.25, -0.2) is 4.79 Å². The molecule has 156 valence electrons. The second kappa shape index (κ2) is 8.24. The monoisotopic (exact) mass is 410 g/mol. The van der Waals surface area contributed by atoms with E-state index >= 15 is 0 Å². The Kier molecular flexibility index (Phi) is 5.72. The number of nitrogens with one attached hydrogen (secondary N) is 3. The summed E-state index contributed by atoms with van der Waals surface area (Å²) in [4.78, 5) is 38.0. The number of fused-ring (bicyclic) bond motifs is 1. The maximum Gasteiger partial charge on any atom is 0.407 e. The molecule has 3 aromatic rings. The van der Waals surface area contributed by atoms with E-state index in [9.17, 15) is 19.7 Å². The van der Waals surface area contributed by atoms with Crippen molar-refractivity contribution < 1.29 is 19.2 Å². The predicted octanol–water partition coefficient (Wildman–Crippen LogP) is 4.35. The summed E-state index contributed by atoms with van der Waals surface area (Å²) in [6.45, 7) is 5.49. The number of anilines is 1. The molecule has 3 rings (SSSR count). The van der Waals surface area contributed by atoms with Gasteiger partial charge in [0.05, 0.1) is 4.92 Å². The Morgan fingerprint density at radius 3 is 2.57 bits per heavy atom. The van der Waals surface area contributed by atoms with Crippen LogP contribution in [-0.4, -0.2) is 27.5 Å². The normalized spacial score (nSPS) is 11.2. The summed E-state index contributed by atoms with van der Waals surface area (Å²) < 4.78 is 5.22. The van der Waals surface area contributed by atoms with E-state index in [4.69, 9.17) is 4.74 Å². The Morgan fingerprint density at radius 2 is 1.87 bits per heavy atom. The molecule has 0 saturated carbocycles. The fourth-order valence-electron chi connectivity index (χ4n) is 2.82. The summed E-state index contributed by atoms with van der Waals surface area (Å²) in [5, 5.41) is 17.0. The molecule has 0 aliphatic heterocycles. The van der Waals surface area contributed by atoms with Crippen LogP contribution in [0.15, 0.2) is 48.5 Å². The first-order valence-electron chi connectivity index (χ1n) is 9.26. The van der Waals surface area contributed by atoms with Crippen LogP contribution in [0.3, 0.4) is 0 Å². The van der Waals surface area contributed by atoms with Gasteiger partial charge in [-0.15, -0.1) is 0 Å². The largest absolute Gasteiger partial charge is 0.444 e. The molecule has 0 aliphatic carbocycles. The number of aromatic amines is 1. The first-order valence-corrected chi connectivity index (χ1v) is 9.26. The Balaban J connectivity index is 1.73. The van der Waals surface area contributed by atoms with E-state index in [0.29, 0.717) is 22.2 Å². The number of nitrogens with zero attached hydrogens (tertiary/aromatic N) is 1. The van der Waals surface area contributed by atoms with Gasteiger partial charge in [0.2, 0.25) is 0 Å². The van der Waals surface area contributed by atoms with Gasteiger partial charge in [0, 0.05) is 35.3 Å². The Labute approximate surface area is 172 Å². The zero-order chi connectivity index (χ0) is 21.9. The number of nitro benzene ring substituents is 1. The van der Waals surface area contributed by atoms with Crippen LogP contribution in [0, 0.1) is 10.1 Å². The minimum atomic E-state index is -0.609. The van der Waals surface area contributed by atoms with E-state index in [-0.39, 0.29) is 17.9 Å². The molecule has 1 heterocycles. The van der Waals surface area contributed by atoms with Gasteiger partial charge in [-0.05, 0) is 44.5 Å². The van der Waals surface area contributed by atoms with Gasteiger partial charge in [0.15, 0.2) is 0 Å². The zero-order valence-electron chi connectivity index (χ0n) is 16.8. The Hall–Kier alpha value is -3.88. The highest BCUT2D eigenvalue weighted by Crippen LogP contribution is 2.23. The van der Waals surface area contributed by atoms with Gasteiger partial charge < -0.3 is 20.4 Å². The number of amides is 2. The summed E-state index contributed by atoms with van der Waals surface area (Å²) in [7, 11) is 0. The lowest BCUT2D eigenvalue weighted by atomic mass is 10.1. The molecular formula is C21H22N4O5. The fourth-order valence-corrected chi connectivity index (χ4v) is 2.82. The van der Waals surface area contributed by atoms with E-state index in [1.165, 1.54) is 12.1 Å². The predicted molar refractivity (Wildman–Crippen MR) is 112 cm³/mol. The molecule has 1 aromatic heterocycles. The lowest BCUT2D eigenvalue weighted by molar-refractivity contribution is -0.384. The van der Waals surface area contributed by atoms with Crippen LogP contribution in [0.2, 0.25) is 0 Å². The molecule has 0 radical (unpaired) electrons. The molecule has 0 atom stereocenters. The number of rotatable bonds is 5. The zero-order valence-corrected chi connectivity index (χ0v) is 16.8. The maximum atomic E-state index is 12.7. The second-order valence-electron chi connectivity index (χ2n) is 7.68. The quantitative estimate of drug-likeness (QED) is 0.426. The number of nitro groups is 1. The van der Waals surface area contributed by atoms with Crippen LogP contribution in [-0.2, 0) is 11.3 Å². The molecule has 9 nitrogen and oxygen atoms in total. The van der Waals surface area contributed by atoms with Gasteiger partial charge >= 0.3 is 6.09 Å². The number of ether oxygens (including phenoxy) is 1. The molecule has 0 saturated heterocycles. The first-order chi connectivity index (χ1) is 14.1. The number of hydrogen-bond donors (Lipinski definition) is 3. The smallest absolute Gasteiger partial charge is 0.407 e. The number of carbonyl (C=O) groups is 2. The highest BCUT2D eigenvalue weighted by molar-refractivity contribution is 6.06. The summed E-state index contributed by atoms with van der Waals surface area (Å²) >= 11 is 0. The molecule has 0 unspecified atom stereocenters. The molecule has 9 heteroatoms. The van der Waals surface area contributed by atoms with E-state index in [1.54, 1.807) is 57.2 Å². The highest BCUT2D eigenvalue weighted by Gasteiger charge is 2.17. The lowest BCUT2D eigenvalue weighted by Crippen LogP contribution is -2.32. The average Bonchev–Trinajstić information content (AvgIpc) is 3.09. The third-order valence-corrected chi connectivity index (χ3v) is 4.15. The summed E-state index contributed by atoms with van der Waals surface area (Å²) in [6, 6.07) is 13.0. The number of hydrogen-bond acceptors (Lipinski definition) is 5. The number of H-pyrrole nitrogens is 1. The van der Waals surface area contributed by atoms with Crippen molar-refractivity contribution in [2.45, 2.75) is 32.9 Å². The van der Waals surface area contributed by atoms with Crippen LogP contribution in [0.25, 0.3) is 10.9 Å². The van der Waals surface area contributed by atoms with Crippen molar-refractivity contribution >= 4 is 34.3 Å². The van der Waals surface area contributed by atoms with Crippen LogP contribution < -0.4 is 10.6 Å². The number of aromatic nitrogens is 1. The van der Waals surface area contributed by atoms with E-state index in [2.05, 4.69) is 15.6 Å². The van der Waals surface area contributed by atoms with E-state index < -0.39 is 22.5 Å². The van der Waals surface area contributed by atoms with Crippen molar-refractivity contribution in [2.75, 3.05) is 5.32 Å². The molecule has 30 heavy (non-hydrogen) atoms. The topological polar surface area (TPSA) is 126 Å². The number of alkyl carbamates (subject to hydrolysis) is 1. The summed E-state index contributed by atoms with van der Waals surface area (Å²) in [5.74, 6) is -0.404. The van der Waals surface area contributed by atoms with Crippen molar-refractivity contribution in [1.82, 2.24) is 10.3 Å². The summed E-state index contributed by atoms with van der Waals surface area (Å²) in [6.07, 6.45) is -0.555. The third kappa shape index (κ3) is 5.13. The van der Waals surface area contributed by atoms with E-state index in [0.717, 1.165) is 0 Å². The van der Waals surface area contributed by atoms with Crippen molar-refractivity contribution in [3.63, 3.8) is 0 Å². The Morgan fingerprint density at radius 1 is 1.13 bits per heavy atom. The number of benzene rings is 2. The molecule has 3 N–H and O–H groups in total. The van der Waals surface area contributed by atoms with Crippen molar-refractivity contribution in [1.29, 1.82) is 0 Å². The van der Waals surface area contributed by atoms with Gasteiger partial charge in [0.1, 0.15) is 11.3 Å². The third-order valence-electron chi connectivity index (χ3n) is 4.15. The van der Waals surface area contributed by atoms with Crippen molar-refractivity contribution in [2.24, 2.45) is 0 Å². The van der Waals surface area contributed by atoms with Gasteiger partial charge in [-0.2, -0.15) is 0 Å². The molecule has 0 spiro atoms. The molecule has 0 aliphatic rings. The molecular weight excluding hydrogens is 388 g/mol. The van der Waals surface area contributed by atoms with Gasteiger partial charge in [-0.1, -0.05) is 18.2 Å². The maximum absolute atomic E-state index is 12.7. The SMILES string of the molecule is CC(C)(C)OC(=O)NCc1ccccc1NC(=O)c1cc2cc([N+](=O)[O-])ccc2[nH]1. The van der Waals surface area contributed by atoms with Gasteiger partial charge in [0.25, 0.3) is 11.6 Å². The van der Waals surface area contributed by atoms with E-state index in [1.807, 2.05) is 0 Å². The second-order valence-corrected chi connectivity index (χ2v) is 7.68. The van der Waals surface area contributed by atoms with Gasteiger partial charge in [-0.3, -0.25) is 14.9 Å². The number of para-hydroxylation sites is 1. The van der Waals surface area contributed by atoms with Crippen molar-refractivity contribution in [3.05, 3.63) is 69.9 Å². The average molecular weight is 410 g/mol.